The van der Waals surface area contributed by atoms with Crippen LogP contribution in [0.5, 0.6) is 0 Å². The molecule has 0 aliphatic carbocycles. The van der Waals surface area contributed by atoms with Crippen LogP contribution in [0.3, 0.4) is 0 Å². The van der Waals surface area contributed by atoms with Gasteiger partial charge in [0.2, 0.25) is 0 Å². The van der Waals surface area contributed by atoms with E-state index in [0.717, 1.165) is 11.1 Å². The number of benzene rings is 1. The van der Waals surface area contributed by atoms with Crippen molar-refractivity contribution < 1.29 is 0 Å². The molecule has 0 saturated carbocycles. The number of hydrogen-bond donors (Lipinski definition) is 4. The molecule has 0 aliphatic rings. The lowest BCUT2D eigenvalue weighted by atomic mass is 10.2. The Balaban J connectivity index is 2.57. The maximum Gasteiger partial charge on any atom is 0.184 e. The van der Waals surface area contributed by atoms with Crippen LogP contribution < -0.4 is 22.3 Å². The largest absolute Gasteiger partial charge is 0.375 e. The average molecular weight is 280 g/mol. The molecule has 1 aromatic rings. The SMILES string of the molecule is NC(=S)N/N=C\c1ccc(/C=N\NC(N)=S)cc1. The topological polar surface area (TPSA) is 101 Å². The van der Waals surface area contributed by atoms with Crippen molar-refractivity contribution in [2.75, 3.05) is 0 Å². The van der Waals surface area contributed by atoms with E-state index in [1.165, 1.54) is 0 Å². The quantitative estimate of drug-likeness (QED) is 0.352. The van der Waals surface area contributed by atoms with E-state index < -0.39 is 0 Å². The number of hydrazone groups is 2. The van der Waals surface area contributed by atoms with Crippen LogP contribution in [0, 0.1) is 0 Å². The Morgan fingerprint density at radius 1 is 0.889 bits per heavy atom. The molecular weight excluding hydrogens is 268 g/mol. The molecule has 0 saturated heterocycles. The molecule has 18 heavy (non-hydrogen) atoms. The summed E-state index contributed by atoms with van der Waals surface area (Å²) in [6.07, 6.45) is 3.21. The van der Waals surface area contributed by atoms with Gasteiger partial charge in [0.1, 0.15) is 0 Å². The minimum absolute atomic E-state index is 0.124. The van der Waals surface area contributed by atoms with Crippen LogP contribution in [0.1, 0.15) is 11.1 Å². The van der Waals surface area contributed by atoms with Gasteiger partial charge in [-0.2, -0.15) is 10.2 Å². The van der Waals surface area contributed by atoms with E-state index in [-0.39, 0.29) is 10.2 Å². The van der Waals surface area contributed by atoms with Gasteiger partial charge in [-0.15, -0.1) is 0 Å². The molecular formula is C10H12N6S2. The predicted octanol–water partition coefficient (Wildman–Crippen LogP) is 0.0208. The van der Waals surface area contributed by atoms with Crippen LogP contribution >= 0.6 is 24.4 Å². The zero-order valence-electron chi connectivity index (χ0n) is 9.33. The molecule has 0 spiro atoms. The summed E-state index contributed by atoms with van der Waals surface area (Å²) in [5.41, 5.74) is 17.2. The van der Waals surface area contributed by atoms with Gasteiger partial charge in [0.05, 0.1) is 12.4 Å². The van der Waals surface area contributed by atoms with Crippen LogP contribution in [-0.4, -0.2) is 22.7 Å². The summed E-state index contributed by atoms with van der Waals surface area (Å²) in [4.78, 5) is 0. The van der Waals surface area contributed by atoms with Crippen molar-refractivity contribution >= 4 is 47.1 Å². The van der Waals surface area contributed by atoms with E-state index in [1.807, 2.05) is 24.3 Å². The van der Waals surface area contributed by atoms with Crippen molar-refractivity contribution in [2.24, 2.45) is 21.7 Å². The Morgan fingerprint density at radius 3 is 1.50 bits per heavy atom. The third-order valence-corrected chi connectivity index (χ3v) is 1.90. The van der Waals surface area contributed by atoms with E-state index in [9.17, 15) is 0 Å². The number of nitrogens with zero attached hydrogens (tertiary/aromatic N) is 2. The van der Waals surface area contributed by atoms with Gasteiger partial charge in [0.15, 0.2) is 10.2 Å². The van der Waals surface area contributed by atoms with Crippen molar-refractivity contribution in [3.63, 3.8) is 0 Å². The summed E-state index contributed by atoms with van der Waals surface area (Å²) in [6.45, 7) is 0. The third-order valence-electron chi connectivity index (χ3n) is 1.71. The fourth-order valence-corrected chi connectivity index (χ4v) is 1.11. The van der Waals surface area contributed by atoms with Crippen molar-refractivity contribution in [2.45, 2.75) is 0 Å². The third kappa shape index (κ3) is 5.87. The van der Waals surface area contributed by atoms with Gasteiger partial charge in [0.25, 0.3) is 0 Å². The van der Waals surface area contributed by atoms with E-state index in [2.05, 4.69) is 45.5 Å². The first kappa shape index (κ1) is 14.0. The summed E-state index contributed by atoms with van der Waals surface area (Å²) in [5, 5.41) is 7.92. The lowest BCUT2D eigenvalue weighted by Gasteiger charge is -1.97. The van der Waals surface area contributed by atoms with E-state index in [1.54, 1.807) is 12.4 Å². The lowest BCUT2D eigenvalue weighted by molar-refractivity contribution is 1.04. The first-order valence-electron chi connectivity index (χ1n) is 4.85. The van der Waals surface area contributed by atoms with Gasteiger partial charge < -0.3 is 11.5 Å². The lowest BCUT2D eigenvalue weighted by Crippen LogP contribution is -2.24. The highest BCUT2D eigenvalue weighted by Crippen LogP contribution is 1.99. The molecule has 0 unspecified atom stereocenters. The summed E-state index contributed by atoms with van der Waals surface area (Å²) in [5.74, 6) is 0. The van der Waals surface area contributed by atoms with Crippen LogP contribution in [0.4, 0.5) is 0 Å². The molecule has 6 nitrogen and oxygen atoms in total. The number of thiocarbonyl (C=S) groups is 2. The molecule has 0 amide bonds. The minimum Gasteiger partial charge on any atom is -0.375 e. The second-order valence-electron chi connectivity index (χ2n) is 3.14. The molecule has 0 fully saturated rings. The molecule has 0 radical (unpaired) electrons. The Bertz CT molecular complexity index is 435. The van der Waals surface area contributed by atoms with Crippen LogP contribution in [-0.2, 0) is 0 Å². The van der Waals surface area contributed by atoms with Crippen LogP contribution in [0.2, 0.25) is 0 Å². The van der Waals surface area contributed by atoms with Gasteiger partial charge in [-0.05, 0) is 35.6 Å². The number of nitrogens with one attached hydrogen (secondary N) is 2. The smallest absolute Gasteiger partial charge is 0.184 e. The fourth-order valence-electron chi connectivity index (χ4n) is 1.01. The van der Waals surface area contributed by atoms with Gasteiger partial charge >= 0.3 is 0 Å². The second-order valence-corrected chi connectivity index (χ2v) is 4.01. The summed E-state index contributed by atoms with van der Waals surface area (Å²) < 4.78 is 0. The highest BCUT2D eigenvalue weighted by atomic mass is 32.1. The summed E-state index contributed by atoms with van der Waals surface area (Å²) in [7, 11) is 0. The molecule has 1 rings (SSSR count). The highest BCUT2D eigenvalue weighted by Gasteiger charge is 1.90. The zero-order valence-corrected chi connectivity index (χ0v) is 11.0. The van der Waals surface area contributed by atoms with Crippen molar-refractivity contribution in [1.29, 1.82) is 0 Å². The van der Waals surface area contributed by atoms with Crippen LogP contribution in [0.25, 0.3) is 0 Å². The van der Waals surface area contributed by atoms with Gasteiger partial charge in [0, 0.05) is 0 Å². The van der Waals surface area contributed by atoms with E-state index >= 15 is 0 Å². The van der Waals surface area contributed by atoms with Gasteiger partial charge in [-0.1, -0.05) is 24.3 Å². The second kappa shape index (κ2) is 7.30. The van der Waals surface area contributed by atoms with E-state index in [0.29, 0.717) is 0 Å². The molecule has 0 heterocycles. The minimum atomic E-state index is 0.124. The Morgan fingerprint density at radius 2 is 1.22 bits per heavy atom. The summed E-state index contributed by atoms with van der Waals surface area (Å²) in [6, 6.07) is 7.47. The number of nitrogens with two attached hydrogens (primary N) is 2. The first-order chi connectivity index (χ1) is 8.58. The first-order valence-corrected chi connectivity index (χ1v) is 5.66. The molecule has 0 aromatic heterocycles. The Labute approximate surface area is 115 Å². The molecule has 0 aliphatic heterocycles. The molecule has 94 valence electrons. The predicted molar refractivity (Wildman–Crippen MR) is 81.5 cm³/mol. The monoisotopic (exact) mass is 280 g/mol. The highest BCUT2D eigenvalue weighted by molar-refractivity contribution is 7.80. The average Bonchev–Trinajstić information content (AvgIpc) is 2.30. The molecule has 1 aromatic carbocycles. The Hall–Kier alpha value is -2.06. The van der Waals surface area contributed by atoms with Crippen molar-refractivity contribution in [1.82, 2.24) is 10.9 Å². The number of hydrogen-bond acceptors (Lipinski definition) is 4. The van der Waals surface area contributed by atoms with Gasteiger partial charge in [-0.3, -0.25) is 10.9 Å². The molecule has 6 N–H and O–H groups in total. The fraction of sp³-hybridized carbons (Fsp3) is 0. The van der Waals surface area contributed by atoms with Crippen LogP contribution in [0.15, 0.2) is 34.5 Å². The number of rotatable bonds is 4. The Kier molecular flexibility index (Phi) is 5.68. The van der Waals surface area contributed by atoms with Crippen molar-refractivity contribution in [3.8, 4) is 0 Å². The maximum atomic E-state index is 5.22. The molecule has 0 bridgehead atoms. The standard InChI is InChI=1S/C10H12N6S2/c11-9(17)15-13-5-7-1-2-8(4-3-7)6-14-16-10(12)18/h1-6H,(H3,11,15,17)(H3,12,16,18)/b13-5-,14-6-. The van der Waals surface area contributed by atoms with Crippen molar-refractivity contribution in [3.05, 3.63) is 35.4 Å². The normalized spacial score (nSPS) is 10.7. The molecule has 8 heteroatoms. The van der Waals surface area contributed by atoms with E-state index in [4.69, 9.17) is 11.5 Å². The zero-order chi connectivity index (χ0) is 13.4. The summed E-state index contributed by atoms with van der Waals surface area (Å²) >= 11 is 9.22. The maximum absolute atomic E-state index is 5.22. The molecule has 0 atom stereocenters. The van der Waals surface area contributed by atoms with Gasteiger partial charge in [-0.25, -0.2) is 0 Å².